The number of esters is 1. The molecule has 0 aromatic heterocycles. The van der Waals surface area contributed by atoms with Gasteiger partial charge in [-0.25, -0.2) is 8.42 Å². The number of ether oxygens (including phenoxy) is 3. The molecule has 0 amide bonds. The van der Waals surface area contributed by atoms with Gasteiger partial charge in [0.05, 0.1) is 14.2 Å². The molecule has 0 aliphatic heterocycles. The third kappa shape index (κ3) is 4.62. The van der Waals surface area contributed by atoms with Gasteiger partial charge in [-0.2, -0.15) is 9.98 Å². The fourth-order valence-electron chi connectivity index (χ4n) is 1.39. The predicted molar refractivity (Wildman–Crippen MR) is 71.3 cm³/mol. The van der Waals surface area contributed by atoms with E-state index in [4.69, 9.17) is 14.7 Å². The molecule has 0 bridgehead atoms. The van der Waals surface area contributed by atoms with E-state index in [9.17, 15) is 13.2 Å². The number of nitrogens with one attached hydrogen (secondary N) is 1. The molecule has 0 spiro atoms. The van der Waals surface area contributed by atoms with Crippen LogP contribution in [0.15, 0.2) is 23.1 Å². The molecular formula is C12H14N2O6S. The fraction of sp³-hybridized carbons (Fsp3) is 0.333. The quantitative estimate of drug-likeness (QED) is 0.707. The highest BCUT2D eigenvalue weighted by Crippen LogP contribution is 2.27. The van der Waals surface area contributed by atoms with E-state index in [1.807, 2.05) is 0 Å². The van der Waals surface area contributed by atoms with Gasteiger partial charge in [0.1, 0.15) is 29.0 Å². The Morgan fingerprint density at radius 1 is 1.33 bits per heavy atom. The fourth-order valence-corrected chi connectivity index (χ4v) is 2.54. The molecule has 0 heterocycles. The second kappa shape index (κ2) is 7.47. The summed E-state index contributed by atoms with van der Waals surface area (Å²) < 4.78 is 40.7. The van der Waals surface area contributed by atoms with E-state index in [0.29, 0.717) is 5.75 Å². The molecule has 0 aliphatic rings. The summed E-state index contributed by atoms with van der Waals surface area (Å²) in [5.41, 5.74) is 0. The zero-order valence-electron chi connectivity index (χ0n) is 11.5. The van der Waals surface area contributed by atoms with Crippen LogP contribution < -0.4 is 14.2 Å². The highest BCUT2D eigenvalue weighted by atomic mass is 32.2. The van der Waals surface area contributed by atoms with Crippen LogP contribution in [0.25, 0.3) is 0 Å². The monoisotopic (exact) mass is 314 g/mol. The molecule has 0 radical (unpaired) electrons. The summed E-state index contributed by atoms with van der Waals surface area (Å²) in [7, 11) is -1.28. The largest absolute Gasteiger partial charge is 0.497 e. The zero-order chi connectivity index (χ0) is 15.9. The van der Waals surface area contributed by atoms with Crippen molar-refractivity contribution >= 4 is 16.0 Å². The van der Waals surface area contributed by atoms with Gasteiger partial charge in [-0.1, -0.05) is 0 Å². The summed E-state index contributed by atoms with van der Waals surface area (Å²) in [6.45, 7) is -1.03. The maximum Gasteiger partial charge on any atom is 0.322 e. The number of hydrogen-bond acceptors (Lipinski definition) is 7. The van der Waals surface area contributed by atoms with Gasteiger partial charge in [0.25, 0.3) is 0 Å². The molecule has 0 aliphatic carbocycles. The third-order valence-electron chi connectivity index (χ3n) is 2.36. The second-order valence-electron chi connectivity index (χ2n) is 3.66. The van der Waals surface area contributed by atoms with Crippen molar-refractivity contribution < 1.29 is 27.4 Å². The van der Waals surface area contributed by atoms with Crippen LogP contribution in [0.4, 0.5) is 0 Å². The van der Waals surface area contributed by atoms with Crippen molar-refractivity contribution in [2.75, 3.05) is 27.4 Å². The predicted octanol–water partition coefficient (Wildman–Crippen LogP) is 0.0489. The van der Waals surface area contributed by atoms with Crippen molar-refractivity contribution in [3.63, 3.8) is 0 Å². The van der Waals surface area contributed by atoms with Crippen LogP contribution in [0, 0.1) is 11.3 Å². The number of rotatable bonds is 7. The zero-order valence-corrected chi connectivity index (χ0v) is 12.3. The number of nitrogens with zero attached hydrogens (tertiary/aromatic N) is 1. The average molecular weight is 314 g/mol. The van der Waals surface area contributed by atoms with Crippen LogP contribution in [0.5, 0.6) is 11.5 Å². The van der Waals surface area contributed by atoms with E-state index in [2.05, 4.69) is 9.46 Å². The number of carbonyl (C=O) groups is 1. The maximum atomic E-state index is 12.1. The van der Waals surface area contributed by atoms with Gasteiger partial charge in [-0.3, -0.25) is 4.79 Å². The maximum absolute atomic E-state index is 12.1. The molecule has 0 atom stereocenters. The molecule has 8 nitrogen and oxygen atoms in total. The lowest BCUT2D eigenvalue weighted by molar-refractivity contribution is -0.140. The normalized spacial score (nSPS) is 10.5. The molecule has 1 rings (SSSR count). The Morgan fingerprint density at radius 2 is 2.05 bits per heavy atom. The highest BCUT2D eigenvalue weighted by molar-refractivity contribution is 7.89. The molecule has 0 saturated heterocycles. The van der Waals surface area contributed by atoms with Crippen molar-refractivity contribution in [2.45, 2.75) is 4.90 Å². The van der Waals surface area contributed by atoms with Gasteiger partial charge in [0.2, 0.25) is 10.0 Å². The first kappa shape index (κ1) is 16.7. The van der Waals surface area contributed by atoms with E-state index in [0.717, 1.165) is 0 Å². The number of benzene rings is 1. The topological polar surface area (TPSA) is 115 Å². The first-order chi connectivity index (χ1) is 9.94. The SMILES string of the molecule is COc1ccc(OC)c(S(=O)(=O)NCC(=O)OCC#N)c1. The number of hydrogen-bond donors (Lipinski definition) is 1. The van der Waals surface area contributed by atoms with Gasteiger partial charge < -0.3 is 14.2 Å². The molecule has 1 N–H and O–H groups in total. The summed E-state index contributed by atoms with van der Waals surface area (Å²) in [5.74, 6) is -0.432. The Morgan fingerprint density at radius 3 is 2.62 bits per heavy atom. The van der Waals surface area contributed by atoms with Crippen LogP contribution in [-0.2, 0) is 19.6 Å². The lowest BCUT2D eigenvalue weighted by Gasteiger charge is -2.11. The van der Waals surface area contributed by atoms with Gasteiger partial charge in [-0.15, -0.1) is 0 Å². The van der Waals surface area contributed by atoms with Crippen molar-refractivity contribution in [1.29, 1.82) is 5.26 Å². The van der Waals surface area contributed by atoms with E-state index < -0.39 is 29.1 Å². The van der Waals surface area contributed by atoms with E-state index in [1.165, 1.54) is 26.4 Å². The minimum absolute atomic E-state index is 0.105. The first-order valence-corrected chi connectivity index (χ1v) is 7.17. The Balaban J connectivity index is 2.92. The molecule has 21 heavy (non-hydrogen) atoms. The Labute approximate surface area is 122 Å². The lowest BCUT2D eigenvalue weighted by Crippen LogP contribution is -2.31. The smallest absolute Gasteiger partial charge is 0.322 e. The molecule has 114 valence electrons. The van der Waals surface area contributed by atoms with Crippen LogP contribution >= 0.6 is 0 Å². The summed E-state index contributed by atoms with van der Waals surface area (Å²) in [6.07, 6.45) is 0. The summed E-state index contributed by atoms with van der Waals surface area (Å²) in [5, 5.41) is 8.25. The van der Waals surface area contributed by atoms with Gasteiger partial charge in [-0.05, 0) is 12.1 Å². The van der Waals surface area contributed by atoms with E-state index in [-0.39, 0.29) is 10.6 Å². The van der Waals surface area contributed by atoms with Crippen molar-refractivity contribution in [2.24, 2.45) is 0 Å². The molecule has 0 fully saturated rings. The van der Waals surface area contributed by atoms with Gasteiger partial charge in [0.15, 0.2) is 6.61 Å². The van der Waals surface area contributed by atoms with Crippen molar-refractivity contribution in [3.8, 4) is 17.6 Å². The average Bonchev–Trinajstić information content (AvgIpc) is 2.50. The minimum atomic E-state index is -3.99. The number of carbonyl (C=O) groups excluding carboxylic acids is 1. The van der Waals surface area contributed by atoms with Crippen molar-refractivity contribution in [3.05, 3.63) is 18.2 Å². The van der Waals surface area contributed by atoms with Crippen LogP contribution in [0.3, 0.4) is 0 Å². The third-order valence-corrected chi connectivity index (χ3v) is 3.79. The molecule has 1 aromatic carbocycles. The van der Waals surface area contributed by atoms with E-state index >= 15 is 0 Å². The lowest BCUT2D eigenvalue weighted by atomic mass is 10.3. The van der Waals surface area contributed by atoms with Crippen LogP contribution in [0.1, 0.15) is 0 Å². The summed E-state index contributed by atoms with van der Waals surface area (Å²) in [4.78, 5) is 11.0. The van der Waals surface area contributed by atoms with Gasteiger partial charge in [0, 0.05) is 6.07 Å². The number of sulfonamides is 1. The van der Waals surface area contributed by atoms with Crippen LogP contribution in [-0.4, -0.2) is 41.8 Å². The molecule has 0 unspecified atom stereocenters. The second-order valence-corrected chi connectivity index (χ2v) is 5.40. The Kier molecular flexibility index (Phi) is 5.95. The van der Waals surface area contributed by atoms with Crippen molar-refractivity contribution in [1.82, 2.24) is 4.72 Å². The van der Waals surface area contributed by atoms with Gasteiger partial charge >= 0.3 is 5.97 Å². The number of nitriles is 1. The highest BCUT2D eigenvalue weighted by Gasteiger charge is 2.21. The molecule has 9 heteroatoms. The summed E-state index contributed by atoms with van der Waals surface area (Å²) in [6, 6.07) is 5.84. The standard InChI is InChI=1S/C12H14N2O6S/c1-18-9-3-4-10(19-2)11(7-9)21(16,17)14-8-12(15)20-6-5-13/h3-4,7,14H,6,8H2,1-2H3. The minimum Gasteiger partial charge on any atom is -0.497 e. The molecule has 0 saturated carbocycles. The number of methoxy groups -OCH3 is 2. The molecule has 1 aromatic rings. The molecular weight excluding hydrogens is 300 g/mol. The van der Waals surface area contributed by atoms with E-state index in [1.54, 1.807) is 12.1 Å². The Hall–Kier alpha value is -2.31. The first-order valence-electron chi connectivity index (χ1n) is 5.69. The Bertz CT molecular complexity index is 650. The summed E-state index contributed by atoms with van der Waals surface area (Å²) >= 11 is 0. The van der Waals surface area contributed by atoms with Crippen LogP contribution in [0.2, 0.25) is 0 Å².